The van der Waals surface area contributed by atoms with Crippen LogP contribution in [0.1, 0.15) is 44.2 Å². The van der Waals surface area contributed by atoms with Crippen LogP contribution in [0.4, 0.5) is 0 Å². The van der Waals surface area contributed by atoms with Crippen molar-refractivity contribution in [1.82, 2.24) is 4.90 Å². The summed E-state index contributed by atoms with van der Waals surface area (Å²) in [7, 11) is 2.25. The molecule has 0 aliphatic carbocycles. The molecule has 0 amide bonds. The van der Waals surface area contributed by atoms with Crippen LogP contribution in [0.3, 0.4) is 0 Å². The molecule has 1 aromatic rings. The van der Waals surface area contributed by atoms with Gasteiger partial charge in [-0.25, -0.2) is 0 Å². The first-order valence-corrected chi connectivity index (χ1v) is 7.32. The molecule has 0 aliphatic heterocycles. The van der Waals surface area contributed by atoms with Gasteiger partial charge in [-0.2, -0.15) is 0 Å². The van der Waals surface area contributed by atoms with E-state index in [2.05, 4.69) is 57.0 Å². The van der Waals surface area contributed by atoms with Crippen molar-refractivity contribution in [1.29, 1.82) is 0 Å². The number of aryl methyl sites for hydroxylation is 2. The van der Waals surface area contributed by atoms with Crippen molar-refractivity contribution in [2.45, 2.75) is 46.5 Å². The Kier molecular flexibility index (Phi) is 7.04. The number of nitrogens with zero attached hydrogens (tertiary/aromatic N) is 1. The Morgan fingerprint density at radius 2 is 1.72 bits per heavy atom. The molecule has 1 nitrogen and oxygen atoms in total. The summed E-state index contributed by atoms with van der Waals surface area (Å²) in [5.74, 6) is 0.838. The van der Waals surface area contributed by atoms with Crippen LogP contribution in [-0.2, 0) is 6.42 Å². The maximum Gasteiger partial charge on any atom is -0.00186 e. The van der Waals surface area contributed by atoms with Gasteiger partial charge < -0.3 is 4.90 Å². The third-order valence-corrected chi connectivity index (χ3v) is 3.57. The van der Waals surface area contributed by atoms with Gasteiger partial charge in [-0.3, -0.25) is 0 Å². The topological polar surface area (TPSA) is 3.24 Å². The quantitative estimate of drug-likeness (QED) is 0.662. The molecule has 0 N–H and O–H groups in total. The molecule has 18 heavy (non-hydrogen) atoms. The monoisotopic (exact) mass is 247 g/mol. The van der Waals surface area contributed by atoms with Gasteiger partial charge in [-0.1, -0.05) is 38.1 Å². The van der Waals surface area contributed by atoms with Gasteiger partial charge in [0.2, 0.25) is 0 Å². The van der Waals surface area contributed by atoms with Crippen molar-refractivity contribution >= 4 is 0 Å². The first-order chi connectivity index (χ1) is 8.59. The van der Waals surface area contributed by atoms with Gasteiger partial charge in [0.1, 0.15) is 0 Å². The summed E-state index contributed by atoms with van der Waals surface area (Å²) >= 11 is 0. The predicted octanol–water partition coefficient (Wildman–Crippen LogP) is 4.30. The molecule has 102 valence electrons. The Morgan fingerprint density at radius 3 is 2.39 bits per heavy atom. The van der Waals surface area contributed by atoms with E-state index < -0.39 is 0 Å². The Bertz CT molecular complexity index is 330. The van der Waals surface area contributed by atoms with E-state index in [0.717, 1.165) is 5.92 Å². The lowest BCUT2D eigenvalue weighted by Gasteiger charge is -2.17. The van der Waals surface area contributed by atoms with E-state index >= 15 is 0 Å². The second-order valence-corrected chi connectivity index (χ2v) is 5.87. The molecule has 0 aliphatic rings. The van der Waals surface area contributed by atoms with Gasteiger partial charge in [0.15, 0.2) is 0 Å². The standard InChI is InChI=1S/C17H29N/c1-15(2)9-7-13-18(4)14-8-12-17-11-6-5-10-16(17)3/h5-6,10-11,15H,7-9,12-14H2,1-4H3. The van der Waals surface area contributed by atoms with Crippen molar-refractivity contribution in [3.63, 3.8) is 0 Å². The van der Waals surface area contributed by atoms with Crippen LogP contribution in [0.5, 0.6) is 0 Å². The van der Waals surface area contributed by atoms with Crippen molar-refractivity contribution in [3.05, 3.63) is 35.4 Å². The molecule has 0 saturated heterocycles. The molecule has 0 heterocycles. The van der Waals surface area contributed by atoms with Crippen LogP contribution in [-0.4, -0.2) is 25.0 Å². The maximum atomic E-state index is 2.47. The Morgan fingerprint density at radius 1 is 1.06 bits per heavy atom. The zero-order valence-electron chi connectivity index (χ0n) is 12.6. The SMILES string of the molecule is Cc1ccccc1CCCN(C)CCCC(C)C. The Balaban J connectivity index is 2.15. The average Bonchev–Trinajstić information content (AvgIpc) is 2.31. The zero-order chi connectivity index (χ0) is 13.4. The van der Waals surface area contributed by atoms with Crippen LogP contribution in [0, 0.1) is 12.8 Å². The van der Waals surface area contributed by atoms with E-state index in [0.29, 0.717) is 0 Å². The van der Waals surface area contributed by atoms with E-state index in [9.17, 15) is 0 Å². The highest BCUT2D eigenvalue weighted by Gasteiger charge is 2.01. The fourth-order valence-corrected chi connectivity index (χ4v) is 2.31. The molecule has 0 radical (unpaired) electrons. The van der Waals surface area contributed by atoms with Crippen molar-refractivity contribution in [3.8, 4) is 0 Å². The fraction of sp³-hybridized carbons (Fsp3) is 0.647. The van der Waals surface area contributed by atoms with Gasteiger partial charge in [0.05, 0.1) is 0 Å². The summed E-state index contributed by atoms with van der Waals surface area (Å²) in [4.78, 5) is 2.47. The molecule has 0 saturated carbocycles. The van der Waals surface area contributed by atoms with Crippen LogP contribution < -0.4 is 0 Å². The van der Waals surface area contributed by atoms with Gasteiger partial charge in [-0.15, -0.1) is 0 Å². The minimum Gasteiger partial charge on any atom is -0.306 e. The van der Waals surface area contributed by atoms with Crippen LogP contribution >= 0.6 is 0 Å². The zero-order valence-corrected chi connectivity index (χ0v) is 12.6. The number of hydrogen-bond donors (Lipinski definition) is 0. The van der Waals surface area contributed by atoms with Gasteiger partial charge in [0.25, 0.3) is 0 Å². The first kappa shape index (κ1) is 15.2. The lowest BCUT2D eigenvalue weighted by atomic mass is 10.0. The van der Waals surface area contributed by atoms with E-state index in [4.69, 9.17) is 0 Å². The van der Waals surface area contributed by atoms with E-state index in [1.165, 1.54) is 49.9 Å². The first-order valence-electron chi connectivity index (χ1n) is 7.32. The fourth-order valence-electron chi connectivity index (χ4n) is 2.31. The summed E-state index contributed by atoms with van der Waals surface area (Å²) in [5, 5.41) is 0. The van der Waals surface area contributed by atoms with Crippen LogP contribution in [0.25, 0.3) is 0 Å². The highest BCUT2D eigenvalue weighted by molar-refractivity contribution is 5.25. The maximum absolute atomic E-state index is 2.47. The highest BCUT2D eigenvalue weighted by Crippen LogP contribution is 2.10. The molecule has 1 heteroatoms. The predicted molar refractivity (Wildman–Crippen MR) is 81.1 cm³/mol. The van der Waals surface area contributed by atoms with E-state index in [1.54, 1.807) is 0 Å². The molecule has 0 aromatic heterocycles. The molecule has 1 rings (SSSR count). The number of benzene rings is 1. The van der Waals surface area contributed by atoms with Crippen LogP contribution in [0.15, 0.2) is 24.3 Å². The molecule has 0 bridgehead atoms. The van der Waals surface area contributed by atoms with E-state index in [-0.39, 0.29) is 0 Å². The molecule has 0 spiro atoms. The van der Waals surface area contributed by atoms with Crippen molar-refractivity contribution in [2.75, 3.05) is 20.1 Å². The lowest BCUT2D eigenvalue weighted by Crippen LogP contribution is -2.21. The Labute approximate surface area is 113 Å². The summed E-state index contributed by atoms with van der Waals surface area (Å²) in [5.41, 5.74) is 2.94. The largest absolute Gasteiger partial charge is 0.306 e. The summed E-state index contributed by atoms with van der Waals surface area (Å²) in [6.45, 7) is 9.27. The third-order valence-electron chi connectivity index (χ3n) is 3.57. The lowest BCUT2D eigenvalue weighted by molar-refractivity contribution is 0.313. The number of rotatable bonds is 8. The molecular formula is C17H29N. The Hall–Kier alpha value is -0.820. The summed E-state index contributed by atoms with van der Waals surface area (Å²) in [6.07, 6.45) is 5.16. The molecule has 0 fully saturated rings. The smallest absolute Gasteiger partial charge is 0.00186 e. The average molecular weight is 247 g/mol. The van der Waals surface area contributed by atoms with Crippen molar-refractivity contribution < 1.29 is 0 Å². The van der Waals surface area contributed by atoms with Crippen molar-refractivity contribution in [2.24, 2.45) is 5.92 Å². The van der Waals surface area contributed by atoms with Crippen LogP contribution in [0.2, 0.25) is 0 Å². The van der Waals surface area contributed by atoms with Gasteiger partial charge in [-0.05, 0) is 69.8 Å². The minimum absolute atomic E-state index is 0.838. The normalized spacial score (nSPS) is 11.4. The molecule has 0 unspecified atom stereocenters. The molecule has 0 atom stereocenters. The highest BCUT2D eigenvalue weighted by atomic mass is 15.1. The van der Waals surface area contributed by atoms with Gasteiger partial charge in [0, 0.05) is 0 Å². The van der Waals surface area contributed by atoms with E-state index in [1.807, 2.05) is 0 Å². The number of hydrogen-bond acceptors (Lipinski definition) is 1. The van der Waals surface area contributed by atoms with Gasteiger partial charge >= 0.3 is 0 Å². The second-order valence-electron chi connectivity index (χ2n) is 5.87. The third kappa shape index (κ3) is 6.20. The second kappa shape index (κ2) is 8.31. The minimum atomic E-state index is 0.838. The summed E-state index contributed by atoms with van der Waals surface area (Å²) < 4.78 is 0. The molecule has 1 aromatic carbocycles. The molecular weight excluding hydrogens is 218 g/mol. The summed E-state index contributed by atoms with van der Waals surface area (Å²) in [6, 6.07) is 8.74.